The molecule has 4 rings (SSSR count). The average Bonchev–Trinajstić information content (AvgIpc) is 3.03. The van der Waals surface area contributed by atoms with Gasteiger partial charge >= 0.3 is 5.97 Å². The van der Waals surface area contributed by atoms with Gasteiger partial charge in [-0.2, -0.15) is 5.10 Å². The third kappa shape index (κ3) is 2.01. The highest BCUT2D eigenvalue weighted by Crippen LogP contribution is 2.34. The van der Waals surface area contributed by atoms with Crippen LogP contribution in [0.15, 0.2) is 24.5 Å². The summed E-state index contributed by atoms with van der Waals surface area (Å²) in [4.78, 5) is 16.9. The number of benzene rings is 1. The molecule has 0 bridgehead atoms. The number of hydrogen-bond donors (Lipinski definition) is 1. The van der Waals surface area contributed by atoms with Crippen molar-refractivity contribution in [1.29, 1.82) is 0 Å². The number of thiazole rings is 1. The van der Waals surface area contributed by atoms with E-state index in [0.29, 0.717) is 13.2 Å². The van der Waals surface area contributed by atoms with Crippen molar-refractivity contribution >= 4 is 28.2 Å². The second-order valence-electron chi connectivity index (χ2n) is 5.32. The summed E-state index contributed by atoms with van der Waals surface area (Å²) in [6, 6.07) is 3.52. The molecule has 0 radical (unpaired) electrons. The molecule has 3 heterocycles. The molecule has 1 aromatic carbocycles. The van der Waals surface area contributed by atoms with Gasteiger partial charge in [-0.25, -0.2) is 9.78 Å². The summed E-state index contributed by atoms with van der Waals surface area (Å²) in [6.45, 7) is 3.20. The Morgan fingerprint density at radius 2 is 2.23 bits per heavy atom. The molecule has 1 aliphatic heterocycles. The van der Waals surface area contributed by atoms with E-state index in [4.69, 9.17) is 4.74 Å². The Morgan fingerprint density at radius 3 is 2.82 bits per heavy atom. The van der Waals surface area contributed by atoms with Gasteiger partial charge in [0.1, 0.15) is 5.01 Å². The summed E-state index contributed by atoms with van der Waals surface area (Å²) in [5.41, 5.74) is 1.88. The van der Waals surface area contributed by atoms with E-state index in [9.17, 15) is 9.90 Å². The third-order valence-electron chi connectivity index (χ3n) is 3.78. The molecule has 7 heteroatoms. The Bertz CT molecular complexity index is 879. The van der Waals surface area contributed by atoms with Crippen LogP contribution in [-0.4, -0.2) is 39.1 Å². The molecule has 1 saturated heterocycles. The molecule has 0 aliphatic carbocycles. The van der Waals surface area contributed by atoms with Gasteiger partial charge in [-0.1, -0.05) is 0 Å². The SMILES string of the molecule is Cc1cnc(-c2cc(C(=O)O)cc3c2cnn3C2COC2)s1. The van der Waals surface area contributed by atoms with Gasteiger partial charge < -0.3 is 9.84 Å². The number of carbonyl (C=O) groups is 1. The lowest BCUT2D eigenvalue weighted by Gasteiger charge is -2.26. The maximum Gasteiger partial charge on any atom is 0.335 e. The minimum absolute atomic E-state index is 0.174. The molecule has 22 heavy (non-hydrogen) atoms. The van der Waals surface area contributed by atoms with Crippen molar-refractivity contribution < 1.29 is 14.6 Å². The van der Waals surface area contributed by atoms with E-state index in [1.165, 1.54) is 0 Å². The molecule has 2 aromatic heterocycles. The molecule has 1 aliphatic rings. The van der Waals surface area contributed by atoms with Crippen LogP contribution < -0.4 is 0 Å². The lowest BCUT2D eigenvalue weighted by atomic mass is 10.1. The van der Waals surface area contributed by atoms with Crippen LogP contribution in [0.25, 0.3) is 21.5 Å². The van der Waals surface area contributed by atoms with Crippen LogP contribution in [0, 0.1) is 6.92 Å². The van der Waals surface area contributed by atoms with Gasteiger partial charge in [-0.3, -0.25) is 4.68 Å². The van der Waals surface area contributed by atoms with Crippen LogP contribution in [-0.2, 0) is 4.74 Å². The van der Waals surface area contributed by atoms with E-state index in [0.717, 1.165) is 26.4 Å². The van der Waals surface area contributed by atoms with Crippen LogP contribution in [0.2, 0.25) is 0 Å². The first-order valence-electron chi connectivity index (χ1n) is 6.88. The molecule has 112 valence electrons. The Morgan fingerprint density at radius 1 is 1.41 bits per heavy atom. The molecule has 0 amide bonds. The van der Waals surface area contributed by atoms with Crippen molar-refractivity contribution in [2.45, 2.75) is 13.0 Å². The minimum Gasteiger partial charge on any atom is -0.478 e. The topological polar surface area (TPSA) is 77.2 Å². The number of nitrogens with zero attached hydrogens (tertiary/aromatic N) is 3. The summed E-state index contributed by atoms with van der Waals surface area (Å²) >= 11 is 1.55. The molecule has 0 saturated carbocycles. The van der Waals surface area contributed by atoms with Crippen LogP contribution in [0.1, 0.15) is 21.3 Å². The highest BCUT2D eigenvalue weighted by molar-refractivity contribution is 7.15. The molecular formula is C15H13N3O3S. The number of rotatable bonds is 3. The summed E-state index contributed by atoms with van der Waals surface area (Å²) in [7, 11) is 0. The zero-order valence-corrected chi connectivity index (χ0v) is 12.6. The average molecular weight is 315 g/mol. The first kappa shape index (κ1) is 13.4. The smallest absolute Gasteiger partial charge is 0.335 e. The Labute approximate surface area is 130 Å². The molecule has 0 spiro atoms. The third-order valence-corrected chi connectivity index (χ3v) is 4.73. The van der Waals surface area contributed by atoms with E-state index < -0.39 is 5.97 Å². The van der Waals surface area contributed by atoms with Gasteiger partial charge in [-0.15, -0.1) is 11.3 Å². The van der Waals surface area contributed by atoms with Crippen molar-refractivity contribution in [3.8, 4) is 10.6 Å². The predicted octanol–water partition coefficient (Wildman–Crippen LogP) is 2.74. The molecule has 3 aromatic rings. The predicted molar refractivity (Wildman–Crippen MR) is 82.4 cm³/mol. The van der Waals surface area contributed by atoms with Gasteiger partial charge in [0.05, 0.1) is 36.5 Å². The zero-order valence-electron chi connectivity index (χ0n) is 11.8. The quantitative estimate of drug-likeness (QED) is 0.804. The number of ether oxygens (including phenoxy) is 1. The van der Waals surface area contributed by atoms with Crippen LogP contribution in [0.4, 0.5) is 0 Å². The number of hydrogen-bond acceptors (Lipinski definition) is 5. The van der Waals surface area contributed by atoms with Crippen LogP contribution in [0.5, 0.6) is 0 Å². The molecule has 6 nitrogen and oxygen atoms in total. The molecular weight excluding hydrogens is 302 g/mol. The fourth-order valence-electron chi connectivity index (χ4n) is 2.58. The highest BCUT2D eigenvalue weighted by atomic mass is 32.1. The van der Waals surface area contributed by atoms with E-state index >= 15 is 0 Å². The number of aryl methyl sites for hydroxylation is 1. The largest absolute Gasteiger partial charge is 0.478 e. The number of carboxylic acid groups (broad SMARTS) is 1. The lowest BCUT2D eigenvalue weighted by Crippen LogP contribution is -2.31. The van der Waals surface area contributed by atoms with E-state index in [1.807, 2.05) is 11.6 Å². The number of aromatic carboxylic acids is 1. The van der Waals surface area contributed by atoms with E-state index in [-0.39, 0.29) is 11.6 Å². The van der Waals surface area contributed by atoms with Crippen molar-refractivity contribution in [1.82, 2.24) is 14.8 Å². The van der Waals surface area contributed by atoms with Gasteiger partial charge in [0.2, 0.25) is 0 Å². The summed E-state index contributed by atoms with van der Waals surface area (Å²) in [5, 5.41) is 15.6. The molecule has 0 unspecified atom stereocenters. The van der Waals surface area contributed by atoms with Gasteiger partial charge in [0, 0.05) is 22.0 Å². The van der Waals surface area contributed by atoms with Gasteiger partial charge in [-0.05, 0) is 19.1 Å². The maximum absolute atomic E-state index is 11.4. The van der Waals surface area contributed by atoms with Crippen molar-refractivity contribution in [2.24, 2.45) is 0 Å². The number of aromatic nitrogens is 3. The molecule has 0 atom stereocenters. The lowest BCUT2D eigenvalue weighted by molar-refractivity contribution is -0.0266. The van der Waals surface area contributed by atoms with Crippen molar-refractivity contribution in [3.05, 3.63) is 35.0 Å². The summed E-state index contributed by atoms with van der Waals surface area (Å²) < 4.78 is 7.07. The Kier molecular flexibility index (Phi) is 2.98. The maximum atomic E-state index is 11.4. The first-order chi connectivity index (χ1) is 10.6. The summed E-state index contributed by atoms with van der Waals surface area (Å²) in [5.74, 6) is -0.950. The second-order valence-corrected chi connectivity index (χ2v) is 6.55. The number of carboxylic acids is 1. The second kappa shape index (κ2) is 4.89. The normalized spacial score (nSPS) is 15.1. The Hall–Kier alpha value is -2.25. The number of fused-ring (bicyclic) bond motifs is 1. The highest BCUT2D eigenvalue weighted by Gasteiger charge is 2.25. The van der Waals surface area contributed by atoms with Crippen LogP contribution in [0.3, 0.4) is 0 Å². The van der Waals surface area contributed by atoms with E-state index in [1.54, 1.807) is 35.9 Å². The van der Waals surface area contributed by atoms with Crippen molar-refractivity contribution in [3.63, 3.8) is 0 Å². The Balaban J connectivity index is 1.98. The van der Waals surface area contributed by atoms with E-state index in [2.05, 4.69) is 10.1 Å². The monoisotopic (exact) mass is 315 g/mol. The van der Waals surface area contributed by atoms with Gasteiger partial charge in [0.25, 0.3) is 0 Å². The summed E-state index contributed by atoms with van der Waals surface area (Å²) in [6.07, 6.45) is 3.58. The fourth-order valence-corrected chi connectivity index (χ4v) is 3.38. The minimum atomic E-state index is -0.950. The van der Waals surface area contributed by atoms with Gasteiger partial charge in [0.15, 0.2) is 0 Å². The van der Waals surface area contributed by atoms with Crippen LogP contribution >= 0.6 is 11.3 Å². The molecule has 1 fully saturated rings. The first-order valence-corrected chi connectivity index (χ1v) is 7.70. The molecule has 1 N–H and O–H groups in total. The van der Waals surface area contributed by atoms with Crippen molar-refractivity contribution in [2.75, 3.05) is 13.2 Å². The standard InChI is InChI=1S/C15H13N3O3S/c1-8-4-16-14(22-8)11-2-9(15(19)20)3-13-12(11)5-17-18(13)10-6-21-7-10/h2-5,10H,6-7H2,1H3,(H,19,20). The zero-order chi connectivity index (χ0) is 15.3. The fraction of sp³-hybridized carbons (Fsp3) is 0.267.